The van der Waals surface area contributed by atoms with E-state index in [1.807, 2.05) is 24.3 Å². The highest BCUT2D eigenvalue weighted by Crippen LogP contribution is 2.25. The van der Waals surface area contributed by atoms with Crippen molar-refractivity contribution in [1.82, 2.24) is 5.43 Å². The molecule has 2 N–H and O–H groups in total. The minimum absolute atomic E-state index is 0.00546. The lowest BCUT2D eigenvalue weighted by Crippen LogP contribution is -2.17. The van der Waals surface area contributed by atoms with Crippen LogP contribution in [0.3, 0.4) is 0 Å². The molecule has 0 fully saturated rings. The molecule has 6 nitrogen and oxygen atoms in total. The summed E-state index contributed by atoms with van der Waals surface area (Å²) < 4.78 is 0.902. The van der Waals surface area contributed by atoms with Crippen molar-refractivity contribution in [3.05, 3.63) is 87.4 Å². The highest BCUT2D eigenvalue weighted by molar-refractivity contribution is 9.10. The van der Waals surface area contributed by atoms with E-state index in [4.69, 9.17) is 11.6 Å². The minimum atomic E-state index is -0.391. The van der Waals surface area contributed by atoms with Crippen LogP contribution in [0.5, 0.6) is 5.75 Å². The summed E-state index contributed by atoms with van der Waals surface area (Å²) in [6.45, 7) is 0. The molecule has 0 aliphatic rings. The zero-order chi connectivity index (χ0) is 19.9. The molecular formula is C20H14BrClN4O2. The van der Waals surface area contributed by atoms with Gasteiger partial charge >= 0.3 is 0 Å². The van der Waals surface area contributed by atoms with E-state index in [0.717, 1.165) is 4.47 Å². The number of rotatable bonds is 5. The predicted molar refractivity (Wildman–Crippen MR) is 113 cm³/mol. The fourth-order valence-electron chi connectivity index (χ4n) is 2.19. The number of hydrogen-bond donors (Lipinski definition) is 2. The van der Waals surface area contributed by atoms with E-state index in [2.05, 4.69) is 36.7 Å². The van der Waals surface area contributed by atoms with Crippen molar-refractivity contribution < 1.29 is 9.90 Å². The standard InChI is InChI=1S/C20H14BrClN4O2/c21-15-2-1-3-17(11-15)24-25-18-8-9-19(27)14(10-18)12-23-26-20(28)13-4-6-16(22)7-5-13/h1-12,27H,(H,26,28)/b23-12+,25-24?. The quantitative estimate of drug-likeness (QED) is 0.280. The van der Waals surface area contributed by atoms with Crippen LogP contribution in [0.25, 0.3) is 0 Å². The Morgan fingerprint density at radius 3 is 2.43 bits per heavy atom. The van der Waals surface area contributed by atoms with E-state index < -0.39 is 5.91 Å². The number of amides is 1. The number of phenols is 1. The molecule has 0 aliphatic heterocycles. The minimum Gasteiger partial charge on any atom is -0.507 e. The van der Waals surface area contributed by atoms with Gasteiger partial charge in [0.2, 0.25) is 0 Å². The molecule has 0 bridgehead atoms. The molecular weight excluding hydrogens is 444 g/mol. The lowest BCUT2D eigenvalue weighted by Gasteiger charge is -2.02. The summed E-state index contributed by atoms with van der Waals surface area (Å²) in [6, 6.07) is 18.5. The molecule has 28 heavy (non-hydrogen) atoms. The molecule has 3 aromatic rings. The number of azo groups is 1. The summed E-state index contributed by atoms with van der Waals surface area (Å²) in [7, 11) is 0. The smallest absolute Gasteiger partial charge is 0.271 e. The lowest BCUT2D eigenvalue weighted by atomic mass is 10.2. The summed E-state index contributed by atoms with van der Waals surface area (Å²) in [5, 5.41) is 22.7. The van der Waals surface area contributed by atoms with Gasteiger partial charge in [-0.15, -0.1) is 0 Å². The third kappa shape index (κ3) is 5.48. The number of benzene rings is 3. The van der Waals surface area contributed by atoms with Gasteiger partial charge in [0.05, 0.1) is 17.6 Å². The molecule has 0 radical (unpaired) electrons. The van der Waals surface area contributed by atoms with Gasteiger partial charge in [-0.25, -0.2) is 5.43 Å². The third-order valence-corrected chi connectivity index (χ3v) is 4.32. The summed E-state index contributed by atoms with van der Waals surface area (Å²) >= 11 is 9.17. The Labute approximate surface area is 174 Å². The van der Waals surface area contributed by atoms with Crippen LogP contribution in [0.15, 0.2) is 86.5 Å². The van der Waals surface area contributed by atoms with Crippen LogP contribution in [0.1, 0.15) is 15.9 Å². The Kier molecular flexibility index (Phi) is 6.52. The van der Waals surface area contributed by atoms with E-state index in [1.165, 1.54) is 12.3 Å². The normalized spacial score (nSPS) is 11.2. The molecule has 0 aromatic heterocycles. The maximum atomic E-state index is 12.0. The van der Waals surface area contributed by atoms with Crippen LogP contribution in [-0.2, 0) is 0 Å². The van der Waals surface area contributed by atoms with E-state index >= 15 is 0 Å². The maximum Gasteiger partial charge on any atom is 0.271 e. The highest BCUT2D eigenvalue weighted by atomic mass is 79.9. The number of carbonyl (C=O) groups is 1. The molecule has 140 valence electrons. The first-order valence-electron chi connectivity index (χ1n) is 8.10. The van der Waals surface area contributed by atoms with Crippen molar-refractivity contribution in [2.45, 2.75) is 0 Å². The van der Waals surface area contributed by atoms with Gasteiger partial charge in [-0.1, -0.05) is 33.6 Å². The third-order valence-electron chi connectivity index (χ3n) is 3.58. The monoisotopic (exact) mass is 456 g/mol. The number of hydrazone groups is 1. The molecule has 3 aromatic carbocycles. The van der Waals surface area contributed by atoms with Crippen LogP contribution < -0.4 is 5.43 Å². The van der Waals surface area contributed by atoms with E-state index in [9.17, 15) is 9.90 Å². The molecule has 0 spiro atoms. The maximum absolute atomic E-state index is 12.0. The average Bonchev–Trinajstić information content (AvgIpc) is 2.69. The number of nitrogens with one attached hydrogen (secondary N) is 1. The van der Waals surface area contributed by atoms with E-state index in [0.29, 0.717) is 27.5 Å². The Morgan fingerprint density at radius 1 is 1.00 bits per heavy atom. The summed E-state index contributed by atoms with van der Waals surface area (Å²) in [5.74, 6) is -0.385. The van der Waals surface area contributed by atoms with Crippen LogP contribution >= 0.6 is 27.5 Å². The average molecular weight is 458 g/mol. The molecule has 0 saturated heterocycles. The molecule has 0 unspecified atom stereocenters. The summed E-state index contributed by atoms with van der Waals surface area (Å²) in [4.78, 5) is 12.0. The molecule has 0 aliphatic carbocycles. The number of carbonyl (C=O) groups excluding carboxylic acids is 1. The SMILES string of the molecule is O=C(N/N=C/c1cc(N=Nc2cccc(Br)c2)ccc1O)c1ccc(Cl)cc1. The fraction of sp³-hybridized carbons (Fsp3) is 0. The number of hydrogen-bond acceptors (Lipinski definition) is 5. The van der Waals surface area contributed by atoms with Crippen LogP contribution in [0, 0.1) is 0 Å². The molecule has 8 heteroatoms. The van der Waals surface area contributed by atoms with Gasteiger partial charge in [0, 0.05) is 20.6 Å². The number of phenolic OH excluding ortho intramolecular Hbond substituents is 1. The van der Waals surface area contributed by atoms with Gasteiger partial charge in [0.25, 0.3) is 5.91 Å². The molecule has 3 rings (SSSR count). The second kappa shape index (κ2) is 9.25. The first-order valence-corrected chi connectivity index (χ1v) is 9.28. The Hall–Kier alpha value is -3.03. The van der Waals surface area contributed by atoms with Crippen molar-refractivity contribution in [2.75, 3.05) is 0 Å². The number of nitrogens with zero attached hydrogens (tertiary/aromatic N) is 3. The Morgan fingerprint density at radius 2 is 1.71 bits per heavy atom. The van der Waals surface area contributed by atoms with Gasteiger partial charge in [-0.2, -0.15) is 15.3 Å². The fourth-order valence-corrected chi connectivity index (χ4v) is 2.70. The van der Waals surface area contributed by atoms with Gasteiger partial charge in [0.15, 0.2) is 0 Å². The predicted octanol–water partition coefficient (Wildman–Crippen LogP) is 5.99. The zero-order valence-corrected chi connectivity index (χ0v) is 16.7. The van der Waals surface area contributed by atoms with E-state index in [-0.39, 0.29) is 5.75 Å². The first kappa shape index (κ1) is 19.7. The Balaban J connectivity index is 1.70. The van der Waals surface area contributed by atoms with E-state index in [1.54, 1.807) is 36.4 Å². The largest absolute Gasteiger partial charge is 0.507 e. The van der Waals surface area contributed by atoms with Gasteiger partial charge in [-0.3, -0.25) is 4.79 Å². The van der Waals surface area contributed by atoms with Crippen molar-refractivity contribution >= 4 is 51.0 Å². The molecule has 0 heterocycles. The van der Waals surface area contributed by atoms with Crippen molar-refractivity contribution in [3.8, 4) is 5.75 Å². The van der Waals surface area contributed by atoms with Gasteiger partial charge in [-0.05, 0) is 60.7 Å². The second-order valence-corrected chi connectivity index (χ2v) is 6.98. The van der Waals surface area contributed by atoms with Crippen LogP contribution in [0.4, 0.5) is 11.4 Å². The molecule has 0 atom stereocenters. The lowest BCUT2D eigenvalue weighted by molar-refractivity contribution is 0.0955. The topological polar surface area (TPSA) is 86.4 Å². The number of aromatic hydroxyl groups is 1. The van der Waals surface area contributed by atoms with Gasteiger partial charge in [0.1, 0.15) is 5.75 Å². The molecule has 1 amide bonds. The zero-order valence-electron chi connectivity index (χ0n) is 14.4. The number of halogens is 2. The van der Waals surface area contributed by atoms with Crippen LogP contribution in [-0.4, -0.2) is 17.2 Å². The van der Waals surface area contributed by atoms with Crippen molar-refractivity contribution in [3.63, 3.8) is 0 Å². The van der Waals surface area contributed by atoms with Gasteiger partial charge < -0.3 is 5.11 Å². The highest BCUT2D eigenvalue weighted by Gasteiger charge is 2.04. The van der Waals surface area contributed by atoms with Crippen molar-refractivity contribution in [1.29, 1.82) is 0 Å². The van der Waals surface area contributed by atoms with Crippen molar-refractivity contribution in [2.24, 2.45) is 15.3 Å². The Bertz CT molecular complexity index is 1050. The summed E-state index contributed by atoms with van der Waals surface area (Å²) in [6.07, 6.45) is 1.33. The summed E-state index contributed by atoms with van der Waals surface area (Å²) in [5.41, 5.74) is 4.42. The second-order valence-electron chi connectivity index (χ2n) is 5.63. The first-order chi connectivity index (χ1) is 13.5. The molecule has 0 saturated carbocycles. The van der Waals surface area contributed by atoms with Crippen LogP contribution in [0.2, 0.25) is 5.02 Å².